The fraction of sp³-hybridized carbons (Fsp3) is 0.429. The standard InChI is InChI=1S/C14H19Cl2N5O.HI/c1-4-9-5-11(22-20-9)8-19-14(17-2)18-7-10-6-12(15)13(16)21(10)3;/h5-6H,4,7-8H2,1-3H3,(H2,17,18,19);1H. The molecule has 0 aliphatic rings. The Bertz CT molecular complexity index is 668. The van der Waals surface area contributed by atoms with Crippen LogP contribution in [0.15, 0.2) is 21.6 Å². The van der Waals surface area contributed by atoms with Gasteiger partial charge < -0.3 is 19.7 Å². The van der Waals surface area contributed by atoms with Crippen LogP contribution < -0.4 is 10.6 Å². The van der Waals surface area contributed by atoms with Crippen molar-refractivity contribution in [1.29, 1.82) is 0 Å². The maximum atomic E-state index is 6.04. The van der Waals surface area contributed by atoms with E-state index in [0.717, 1.165) is 23.6 Å². The van der Waals surface area contributed by atoms with Crippen molar-refractivity contribution in [3.8, 4) is 0 Å². The van der Waals surface area contributed by atoms with E-state index < -0.39 is 0 Å². The maximum Gasteiger partial charge on any atom is 0.191 e. The number of guanidine groups is 1. The molecule has 0 saturated carbocycles. The van der Waals surface area contributed by atoms with Crippen LogP contribution in [0.5, 0.6) is 0 Å². The molecule has 0 aliphatic heterocycles. The molecular formula is C14H20Cl2IN5O. The molecule has 2 aromatic rings. The summed E-state index contributed by atoms with van der Waals surface area (Å²) in [7, 11) is 3.57. The first-order valence-electron chi connectivity index (χ1n) is 6.93. The van der Waals surface area contributed by atoms with E-state index in [1.165, 1.54) is 0 Å². The Morgan fingerprint density at radius 1 is 1.30 bits per heavy atom. The van der Waals surface area contributed by atoms with Gasteiger partial charge in [-0.25, -0.2) is 0 Å². The lowest BCUT2D eigenvalue weighted by Gasteiger charge is -2.11. The lowest BCUT2D eigenvalue weighted by molar-refractivity contribution is 0.374. The van der Waals surface area contributed by atoms with Crippen LogP contribution in [-0.2, 0) is 26.6 Å². The smallest absolute Gasteiger partial charge is 0.191 e. The molecule has 0 bridgehead atoms. The second kappa shape index (κ2) is 9.39. The van der Waals surface area contributed by atoms with Gasteiger partial charge in [0.1, 0.15) is 5.15 Å². The zero-order valence-corrected chi connectivity index (χ0v) is 17.0. The third-order valence-corrected chi connectivity index (χ3v) is 4.12. The van der Waals surface area contributed by atoms with E-state index in [9.17, 15) is 0 Å². The number of hydrogen-bond acceptors (Lipinski definition) is 3. The number of aryl methyl sites for hydroxylation is 1. The predicted molar refractivity (Wildman–Crippen MR) is 104 cm³/mol. The summed E-state index contributed by atoms with van der Waals surface area (Å²) >= 11 is 12.0. The highest BCUT2D eigenvalue weighted by Gasteiger charge is 2.09. The first-order chi connectivity index (χ1) is 10.5. The zero-order valence-electron chi connectivity index (χ0n) is 13.2. The van der Waals surface area contributed by atoms with Gasteiger partial charge in [-0.05, 0) is 12.5 Å². The second-order valence-corrected chi connectivity index (χ2v) is 5.52. The van der Waals surface area contributed by atoms with Crippen LogP contribution in [0.3, 0.4) is 0 Å². The summed E-state index contributed by atoms with van der Waals surface area (Å²) in [5.74, 6) is 1.42. The Morgan fingerprint density at radius 2 is 2.00 bits per heavy atom. The van der Waals surface area contributed by atoms with E-state index in [2.05, 4.69) is 20.8 Å². The maximum absolute atomic E-state index is 6.04. The Kier molecular flexibility index (Phi) is 8.21. The third-order valence-electron chi connectivity index (χ3n) is 3.28. The molecule has 0 amide bonds. The molecule has 0 atom stereocenters. The van der Waals surface area contributed by atoms with E-state index in [-0.39, 0.29) is 24.0 Å². The molecule has 0 unspecified atom stereocenters. The molecule has 0 spiro atoms. The van der Waals surface area contributed by atoms with Crippen LogP contribution in [0.1, 0.15) is 24.1 Å². The quantitative estimate of drug-likeness (QED) is 0.398. The predicted octanol–water partition coefficient (Wildman–Crippen LogP) is 3.37. The van der Waals surface area contributed by atoms with Crippen LogP contribution in [0.4, 0.5) is 0 Å². The first kappa shape index (κ1) is 20.1. The summed E-state index contributed by atoms with van der Waals surface area (Å²) in [4.78, 5) is 4.16. The van der Waals surface area contributed by atoms with Crippen molar-refractivity contribution in [2.45, 2.75) is 26.4 Å². The van der Waals surface area contributed by atoms with Gasteiger partial charge in [-0.1, -0.05) is 35.3 Å². The number of aliphatic imine (C=N–C) groups is 1. The monoisotopic (exact) mass is 471 g/mol. The minimum atomic E-state index is 0. The molecule has 0 fully saturated rings. The lowest BCUT2D eigenvalue weighted by atomic mass is 10.3. The van der Waals surface area contributed by atoms with Crippen molar-refractivity contribution < 1.29 is 4.52 Å². The van der Waals surface area contributed by atoms with Crippen LogP contribution in [0.25, 0.3) is 0 Å². The molecule has 23 heavy (non-hydrogen) atoms. The van der Waals surface area contributed by atoms with Crippen molar-refractivity contribution in [3.63, 3.8) is 0 Å². The summed E-state index contributed by atoms with van der Waals surface area (Å²) in [6.07, 6.45) is 0.853. The largest absolute Gasteiger partial charge is 0.359 e. The third kappa shape index (κ3) is 5.29. The van der Waals surface area contributed by atoms with Gasteiger partial charge in [0.15, 0.2) is 11.7 Å². The number of rotatable bonds is 5. The molecule has 0 aromatic carbocycles. The van der Waals surface area contributed by atoms with Crippen molar-refractivity contribution in [2.24, 2.45) is 12.0 Å². The molecule has 2 N–H and O–H groups in total. The molecule has 9 heteroatoms. The molecule has 2 heterocycles. The summed E-state index contributed by atoms with van der Waals surface area (Å²) in [5, 5.41) is 11.4. The van der Waals surface area contributed by atoms with Gasteiger partial charge in [0.2, 0.25) is 0 Å². The summed E-state index contributed by atoms with van der Waals surface area (Å²) in [6.45, 7) is 3.10. The van der Waals surface area contributed by atoms with Gasteiger partial charge in [0, 0.05) is 25.9 Å². The summed E-state index contributed by atoms with van der Waals surface area (Å²) in [6, 6.07) is 3.76. The number of nitrogens with zero attached hydrogens (tertiary/aromatic N) is 3. The normalized spacial score (nSPS) is 11.3. The fourth-order valence-corrected chi connectivity index (χ4v) is 2.35. The topological polar surface area (TPSA) is 67.4 Å². The second-order valence-electron chi connectivity index (χ2n) is 4.75. The van der Waals surface area contributed by atoms with Gasteiger partial charge in [0.25, 0.3) is 0 Å². The average Bonchev–Trinajstić information content (AvgIpc) is 3.08. The summed E-state index contributed by atoms with van der Waals surface area (Å²) < 4.78 is 7.04. The molecule has 2 aromatic heterocycles. The van der Waals surface area contributed by atoms with Gasteiger partial charge in [-0.3, -0.25) is 4.99 Å². The van der Waals surface area contributed by atoms with Gasteiger partial charge in [-0.2, -0.15) is 0 Å². The number of aromatic nitrogens is 2. The van der Waals surface area contributed by atoms with E-state index in [1.807, 2.05) is 30.7 Å². The highest BCUT2D eigenvalue weighted by Crippen LogP contribution is 2.24. The van der Waals surface area contributed by atoms with Crippen LogP contribution in [0, 0.1) is 0 Å². The average molecular weight is 472 g/mol. The molecule has 6 nitrogen and oxygen atoms in total. The highest BCUT2D eigenvalue weighted by atomic mass is 127. The highest BCUT2D eigenvalue weighted by molar-refractivity contribution is 14.0. The SMILES string of the molecule is CCc1cc(CNC(=NC)NCc2cc(Cl)c(Cl)n2C)on1.I. The van der Waals surface area contributed by atoms with Crippen molar-refractivity contribution >= 4 is 53.1 Å². The van der Waals surface area contributed by atoms with Crippen molar-refractivity contribution in [1.82, 2.24) is 20.4 Å². The Morgan fingerprint density at radius 3 is 2.52 bits per heavy atom. The van der Waals surface area contributed by atoms with Gasteiger partial charge in [0.05, 0.1) is 23.8 Å². The number of hydrogen-bond donors (Lipinski definition) is 2. The van der Waals surface area contributed by atoms with E-state index in [0.29, 0.717) is 29.2 Å². The van der Waals surface area contributed by atoms with E-state index in [4.69, 9.17) is 27.7 Å². The van der Waals surface area contributed by atoms with E-state index >= 15 is 0 Å². The Labute approximate surface area is 162 Å². The van der Waals surface area contributed by atoms with Crippen molar-refractivity contribution in [3.05, 3.63) is 39.5 Å². The summed E-state index contributed by atoms with van der Waals surface area (Å²) in [5.41, 5.74) is 1.90. The molecule has 2 rings (SSSR count). The molecule has 0 aliphatic carbocycles. The van der Waals surface area contributed by atoms with E-state index in [1.54, 1.807) is 7.05 Å². The minimum Gasteiger partial charge on any atom is -0.359 e. The van der Waals surface area contributed by atoms with Gasteiger partial charge >= 0.3 is 0 Å². The van der Waals surface area contributed by atoms with Crippen LogP contribution >= 0.6 is 47.2 Å². The first-order valence-corrected chi connectivity index (χ1v) is 7.69. The zero-order chi connectivity index (χ0) is 16.1. The number of halogens is 3. The molecular weight excluding hydrogens is 452 g/mol. The van der Waals surface area contributed by atoms with Gasteiger partial charge in [-0.15, -0.1) is 24.0 Å². The molecule has 0 radical (unpaired) electrons. The Balaban J connectivity index is 0.00000264. The fourth-order valence-electron chi connectivity index (χ4n) is 1.93. The van der Waals surface area contributed by atoms with Crippen molar-refractivity contribution in [2.75, 3.05) is 7.05 Å². The number of nitrogens with one attached hydrogen (secondary N) is 2. The minimum absolute atomic E-state index is 0. The lowest BCUT2D eigenvalue weighted by Crippen LogP contribution is -2.36. The molecule has 0 saturated heterocycles. The van der Waals surface area contributed by atoms with Crippen LogP contribution in [-0.4, -0.2) is 22.7 Å². The molecule has 128 valence electrons. The van der Waals surface area contributed by atoms with Crippen LogP contribution in [0.2, 0.25) is 10.2 Å². The Hall–Kier alpha value is -0.930.